The molecule has 0 saturated heterocycles. The highest BCUT2D eigenvalue weighted by Gasteiger charge is 2.36. The van der Waals surface area contributed by atoms with Crippen LogP contribution in [0.4, 0.5) is 0 Å². The molecule has 0 radical (unpaired) electrons. The van der Waals surface area contributed by atoms with Gasteiger partial charge in [-0.1, -0.05) is 31.7 Å². The van der Waals surface area contributed by atoms with E-state index in [0.29, 0.717) is 24.5 Å². The molecule has 0 atom stereocenters. The summed E-state index contributed by atoms with van der Waals surface area (Å²) < 4.78 is 23.8. The molecule has 1 aliphatic rings. The summed E-state index contributed by atoms with van der Waals surface area (Å²) in [6, 6.07) is 13.1. The lowest BCUT2D eigenvalue weighted by Crippen LogP contribution is -2.31. The summed E-state index contributed by atoms with van der Waals surface area (Å²) in [7, 11) is 0. The minimum atomic E-state index is -0.333. The third-order valence-electron chi connectivity index (χ3n) is 5.54. The summed E-state index contributed by atoms with van der Waals surface area (Å²) in [6.45, 7) is 6.57. The molecule has 0 heterocycles. The lowest BCUT2D eigenvalue weighted by atomic mass is 9.98. The van der Waals surface area contributed by atoms with E-state index in [2.05, 4.69) is 36.1 Å². The maximum absolute atomic E-state index is 12.9. The van der Waals surface area contributed by atoms with Gasteiger partial charge in [0.2, 0.25) is 0 Å². The van der Waals surface area contributed by atoms with Gasteiger partial charge in [-0.05, 0) is 90.6 Å². The van der Waals surface area contributed by atoms with Gasteiger partial charge in [-0.2, -0.15) is 0 Å². The summed E-state index contributed by atoms with van der Waals surface area (Å²) in [4.78, 5) is 12.9. The average Bonchev–Trinajstić information content (AvgIpc) is 3.26. The van der Waals surface area contributed by atoms with Gasteiger partial charge < -0.3 is 18.9 Å². The van der Waals surface area contributed by atoms with E-state index in [1.165, 1.54) is 0 Å². The van der Waals surface area contributed by atoms with E-state index in [1.807, 2.05) is 42.5 Å². The van der Waals surface area contributed by atoms with E-state index in [4.69, 9.17) is 18.9 Å². The summed E-state index contributed by atoms with van der Waals surface area (Å²) >= 11 is 2.19. The summed E-state index contributed by atoms with van der Waals surface area (Å²) in [5.41, 5.74) is 1.16. The molecule has 0 N–H and O–H groups in total. The molecular weight excluding hydrogens is 507 g/mol. The van der Waals surface area contributed by atoms with Crippen molar-refractivity contribution in [2.45, 2.75) is 44.6 Å². The van der Waals surface area contributed by atoms with E-state index in [9.17, 15) is 4.79 Å². The molecule has 1 fully saturated rings. The molecule has 0 aliphatic heterocycles. The van der Waals surface area contributed by atoms with Crippen molar-refractivity contribution in [3.05, 3.63) is 63.7 Å². The van der Waals surface area contributed by atoms with Crippen LogP contribution in [0.5, 0.6) is 11.5 Å². The number of halogens is 1. The molecule has 0 bridgehead atoms. The number of hydrogen-bond acceptors (Lipinski definition) is 5. The smallest absolute Gasteiger partial charge is 0.342 e. The van der Waals surface area contributed by atoms with Crippen LogP contribution in [0.25, 0.3) is 6.08 Å². The van der Waals surface area contributed by atoms with E-state index in [-0.39, 0.29) is 18.4 Å². The van der Waals surface area contributed by atoms with Crippen LogP contribution in [0, 0.1) is 3.57 Å². The van der Waals surface area contributed by atoms with Gasteiger partial charge in [0.05, 0.1) is 6.61 Å². The molecule has 6 heteroatoms. The minimum Gasteiger partial charge on any atom is -0.490 e. The first-order chi connectivity index (χ1) is 15.0. The molecule has 1 saturated carbocycles. The maximum atomic E-state index is 12.9. The van der Waals surface area contributed by atoms with Crippen molar-refractivity contribution in [3.8, 4) is 11.5 Å². The quantitative estimate of drug-likeness (QED) is 0.147. The summed E-state index contributed by atoms with van der Waals surface area (Å²) in [6.07, 6.45) is 6.69. The molecule has 0 unspecified atom stereocenters. The fraction of sp³-hybridized carbons (Fsp3) is 0.400. The van der Waals surface area contributed by atoms with Gasteiger partial charge in [0.1, 0.15) is 29.3 Å². The Morgan fingerprint density at radius 2 is 1.84 bits per heavy atom. The Bertz CT molecular complexity index is 872. The molecule has 31 heavy (non-hydrogen) atoms. The number of carbonyl (C=O) groups is 1. The molecule has 0 spiro atoms. The number of carbonyl (C=O) groups excluding carboxylic acids is 1. The van der Waals surface area contributed by atoms with Gasteiger partial charge in [-0.3, -0.25) is 0 Å². The highest BCUT2D eigenvalue weighted by molar-refractivity contribution is 14.1. The van der Waals surface area contributed by atoms with Crippen molar-refractivity contribution in [1.82, 2.24) is 0 Å². The van der Waals surface area contributed by atoms with E-state index < -0.39 is 0 Å². The maximum Gasteiger partial charge on any atom is 0.342 e. The molecule has 0 amide bonds. The fourth-order valence-electron chi connectivity index (χ4n) is 3.67. The lowest BCUT2D eigenvalue weighted by Gasteiger charge is -2.28. The van der Waals surface area contributed by atoms with E-state index >= 15 is 0 Å². The second kappa shape index (κ2) is 11.5. The van der Waals surface area contributed by atoms with Crippen molar-refractivity contribution in [2.24, 2.45) is 0 Å². The third kappa shape index (κ3) is 6.71. The van der Waals surface area contributed by atoms with Crippen molar-refractivity contribution in [1.29, 1.82) is 0 Å². The zero-order valence-corrected chi connectivity index (χ0v) is 20.1. The van der Waals surface area contributed by atoms with Gasteiger partial charge in [0, 0.05) is 3.57 Å². The minimum absolute atomic E-state index is 0.122. The van der Waals surface area contributed by atoms with Crippen molar-refractivity contribution >= 4 is 34.6 Å². The van der Waals surface area contributed by atoms with Gasteiger partial charge in [-0.25, -0.2) is 4.79 Å². The van der Waals surface area contributed by atoms with Gasteiger partial charge in [0.25, 0.3) is 0 Å². The monoisotopic (exact) mass is 536 g/mol. The van der Waals surface area contributed by atoms with Crippen LogP contribution < -0.4 is 9.47 Å². The van der Waals surface area contributed by atoms with Gasteiger partial charge in [-0.15, -0.1) is 0 Å². The predicted octanol–water partition coefficient (Wildman–Crippen LogP) is 6.25. The van der Waals surface area contributed by atoms with Crippen LogP contribution in [-0.4, -0.2) is 31.6 Å². The Morgan fingerprint density at radius 3 is 2.52 bits per heavy atom. The first-order valence-electron chi connectivity index (χ1n) is 10.6. The zero-order valence-electron chi connectivity index (χ0n) is 17.9. The molecule has 2 aromatic carbocycles. The molecule has 3 rings (SSSR count). The van der Waals surface area contributed by atoms with Crippen LogP contribution in [0.3, 0.4) is 0 Å². The molecule has 1 aliphatic carbocycles. The van der Waals surface area contributed by atoms with Crippen LogP contribution >= 0.6 is 22.6 Å². The van der Waals surface area contributed by atoms with Gasteiger partial charge in [0.15, 0.2) is 6.79 Å². The molecule has 166 valence electrons. The Labute approximate surface area is 197 Å². The highest BCUT2D eigenvalue weighted by atomic mass is 127. The standard InChI is InChI=1S/C25H29IO5/c1-3-19-7-10-21(11-8-19)30-18-28-15-16-29-23-12-9-20(26)17-22(23)24(27)31-25(4-2)13-5-6-14-25/h3,7-12,17H,1,4-6,13-16,18H2,2H3. The van der Waals surface area contributed by atoms with Gasteiger partial charge >= 0.3 is 5.97 Å². The second-order valence-corrected chi connectivity index (χ2v) is 8.81. The van der Waals surface area contributed by atoms with Crippen LogP contribution in [0.15, 0.2) is 49.0 Å². The number of rotatable bonds is 11. The lowest BCUT2D eigenvalue weighted by molar-refractivity contribution is -0.0180. The molecule has 0 aromatic heterocycles. The predicted molar refractivity (Wildman–Crippen MR) is 130 cm³/mol. The average molecular weight is 536 g/mol. The fourth-order valence-corrected chi connectivity index (χ4v) is 4.16. The normalized spacial score (nSPS) is 14.8. The third-order valence-corrected chi connectivity index (χ3v) is 6.21. The van der Waals surface area contributed by atoms with E-state index in [1.54, 1.807) is 6.08 Å². The second-order valence-electron chi connectivity index (χ2n) is 7.57. The SMILES string of the molecule is C=Cc1ccc(OCOCCOc2ccc(I)cc2C(=O)OC2(CC)CCCC2)cc1. The first kappa shape index (κ1) is 23.6. The topological polar surface area (TPSA) is 54.0 Å². The Morgan fingerprint density at radius 1 is 1.10 bits per heavy atom. The number of esters is 1. The zero-order chi connectivity index (χ0) is 22.1. The van der Waals surface area contributed by atoms with Crippen molar-refractivity contribution in [3.63, 3.8) is 0 Å². The van der Waals surface area contributed by atoms with E-state index in [0.717, 1.165) is 47.0 Å². The van der Waals surface area contributed by atoms with Crippen LogP contribution in [0.2, 0.25) is 0 Å². The largest absolute Gasteiger partial charge is 0.490 e. The highest BCUT2D eigenvalue weighted by Crippen LogP contribution is 2.37. The van der Waals surface area contributed by atoms with Crippen molar-refractivity contribution in [2.75, 3.05) is 20.0 Å². The number of ether oxygens (including phenoxy) is 4. The van der Waals surface area contributed by atoms with Crippen LogP contribution in [0.1, 0.15) is 54.9 Å². The number of hydrogen-bond donors (Lipinski definition) is 0. The Kier molecular flexibility index (Phi) is 8.78. The number of benzene rings is 2. The Balaban J connectivity index is 1.48. The molecule has 5 nitrogen and oxygen atoms in total. The molecular formula is C25H29IO5. The first-order valence-corrected chi connectivity index (χ1v) is 11.7. The molecule has 2 aromatic rings. The Hall–Kier alpha value is -2.06. The van der Waals surface area contributed by atoms with Crippen LogP contribution in [-0.2, 0) is 9.47 Å². The summed E-state index contributed by atoms with van der Waals surface area (Å²) in [5.74, 6) is 0.926. The van der Waals surface area contributed by atoms with Crippen molar-refractivity contribution < 1.29 is 23.7 Å². The summed E-state index contributed by atoms with van der Waals surface area (Å²) in [5, 5.41) is 0.